The molecule has 2 aliphatic rings. The fraction of sp³-hybridized carbons (Fsp3) is 0.611. The predicted octanol–water partition coefficient (Wildman–Crippen LogP) is 2.20. The van der Waals surface area contributed by atoms with E-state index in [2.05, 4.69) is 18.7 Å². The van der Waals surface area contributed by atoms with Crippen LogP contribution in [-0.4, -0.2) is 49.5 Å². The Bertz CT molecular complexity index is 537. The van der Waals surface area contributed by atoms with Gasteiger partial charge in [-0.25, -0.2) is 0 Å². The van der Waals surface area contributed by atoms with Crippen LogP contribution in [0.5, 0.6) is 0 Å². The van der Waals surface area contributed by atoms with Crippen molar-refractivity contribution in [3.05, 3.63) is 35.9 Å². The van der Waals surface area contributed by atoms with Crippen LogP contribution < -0.4 is 0 Å². The Balaban J connectivity index is 1.50. The molecule has 5 nitrogen and oxygen atoms in total. The minimum Gasteiger partial charge on any atom is -0.460 e. The van der Waals surface area contributed by atoms with Crippen molar-refractivity contribution in [1.29, 1.82) is 0 Å². The average Bonchev–Trinajstić information content (AvgIpc) is 3.01. The van der Waals surface area contributed by atoms with E-state index in [0.717, 1.165) is 25.1 Å². The van der Waals surface area contributed by atoms with Gasteiger partial charge in [0.25, 0.3) is 0 Å². The predicted molar refractivity (Wildman–Crippen MR) is 85.7 cm³/mol. The molecule has 2 fully saturated rings. The molecule has 0 aromatic heterocycles. The number of ether oxygens (including phenoxy) is 3. The minimum absolute atomic E-state index is 0.151. The molecule has 3 rings (SSSR count). The summed E-state index contributed by atoms with van der Waals surface area (Å²) in [5.41, 5.74) is 0.855. The van der Waals surface area contributed by atoms with Gasteiger partial charge < -0.3 is 14.2 Å². The zero-order chi connectivity index (χ0) is 16.3. The van der Waals surface area contributed by atoms with Crippen molar-refractivity contribution in [2.24, 2.45) is 5.41 Å². The monoisotopic (exact) mass is 319 g/mol. The number of esters is 1. The van der Waals surface area contributed by atoms with Crippen molar-refractivity contribution in [3.8, 4) is 0 Å². The van der Waals surface area contributed by atoms with Crippen LogP contribution in [0.15, 0.2) is 30.3 Å². The maximum atomic E-state index is 12.1. The molecule has 0 amide bonds. The lowest BCUT2D eigenvalue weighted by atomic mass is 9.77. The van der Waals surface area contributed by atoms with Gasteiger partial charge in [-0.2, -0.15) is 0 Å². The maximum Gasteiger partial charge on any atom is 0.320 e. The Morgan fingerprint density at radius 1 is 1.22 bits per heavy atom. The third-order valence-corrected chi connectivity index (χ3v) is 4.76. The Kier molecular flexibility index (Phi) is 4.71. The summed E-state index contributed by atoms with van der Waals surface area (Å²) in [5, 5.41) is 0. The van der Waals surface area contributed by atoms with E-state index < -0.39 is 5.79 Å². The Labute approximate surface area is 137 Å². The first kappa shape index (κ1) is 16.4. The van der Waals surface area contributed by atoms with E-state index in [1.54, 1.807) is 0 Å². The largest absolute Gasteiger partial charge is 0.460 e. The number of hydrogen-bond donors (Lipinski definition) is 0. The second-order valence-corrected chi connectivity index (χ2v) is 6.94. The van der Waals surface area contributed by atoms with Gasteiger partial charge in [0.1, 0.15) is 6.61 Å². The van der Waals surface area contributed by atoms with Crippen LogP contribution in [0.4, 0.5) is 0 Å². The summed E-state index contributed by atoms with van der Waals surface area (Å²) >= 11 is 0. The van der Waals surface area contributed by atoms with Crippen molar-refractivity contribution in [2.45, 2.75) is 32.7 Å². The molecule has 0 radical (unpaired) electrons. The molecule has 0 unspecified atom stereocenters. The zero-order valence-corrected chi connectivity index (χ0v) is 13.9. The number of hydrogen-bond acceptors (Lipinski definition) is 5. The Hall–Kier alpha value is -1.43. The van der Waals surface area contributed by atoms with Crippen LogP contribution in [0, 0.1) is 5.41 Å². The van der Waals surface area contributed by atoms with E-state index in [0.29, 0.717) is 26.4 Å². The van der Waals surface area contributed by atoms with Gasteiger partial charge in [-0.15, -0.1) is 0 Å². The van der Waals surface area contributed by atoms with Gasteiger partial charge in [0.15, 0.2) is 5.79 Å². The van der Waals surface area contributed by atoms with Gasteiger partial charge in [0, 0.05) is 24.9 Å². The number of carbonyl (C=O) groups excluding carboxylic acids is 1. The third-order valence-electron chi connectivity index (χ3n) is 4.76. The number of benzene rings is 1. The highest BCUT2D eigenvalue weighted by Gasteiger charge is 2.53. The lowest BCUT2D eigenvalue weighted by Crippen LogP contribution is -2.58. The zero-order valence-electron chi connectivity index (χ0n) is 13.9. The van der Waals surface area contributed by atoms with Crippen LogP contribution in [0.1, 0.15) is 25.8 Å². The summed E-state index contributed by atoms with van der Waals surface area (Å²) in [6.07, 6.45) is 0.784. The first-order valence-electron chi connectivity index (χ1n) is 8.21. The van der Waals surface area contributed by atoms with Gasteiger partial charge in [0.2, 0.25) is 0 Å². The Morgan fingerprint density at radius 3 is 2.57 bits per heavy atom. The van der Waals surface area contributed by atoms with Crippen LogP contribution in [0.25, 0.3) is 0 Å². The summed E-state index contributed by atoms with van der Waals surface area (Å²) in [6.45, 7) is 7.77. The van der Waals surface area contributed by atoms with E-state index in [1.165, 1.54) is 0 Å². The number of likely N-dealkylation sites (tertiary alicyclic amines) is 1. The highest BCUT2D eigenvalue weighted by molar-refractivity contribution is 5.71. The standard InChI is InChI=1S/C18H25NO4/c1-17(2)14-19(9-8-18(17)22-10-11-23-18)12-16(20)21-13-15-6-4-3-5-7-15/h3-7H,8-14H2,1-2H3. The quantitative estimate of drug-likeness (QED) is 0.796. The smallest absolute Gasteiger partial charge is 0.320 e. The second kappa shape index (κ2) is 6.59. The van der Waals surface area contributed by atoms with Gasteiger partial charge in [-0.05, 0) is 5.56 Å². The molecule has 23 heavy (non-hydrogen) atoms. The van der Waals surface area contributed by atoms with Crippen LogP contribution >= 0.6 is 0 Å². The highest BCUT2D eigenvalue weighted by Crippen LogP contribution is 2.44. The first-order valence-corrected chi connectivity index (χ1v) is 8.21. The molecule has 2 heterocycles. The maximum absolute atomic E-state index is 12.1. The summed E-state index contributed by atoms with van der Waals surface area (Å²) in [5.74, 6) is -0.675. The molecule has 0 bridgehead atoms. The molecular formula is C18H25NO4. The van der Waals surface area contributed by atoms with Crippen molar-refractivity contribution in [3.63, 3.8) is 0 Å². The number of piperidine rings is 1. The first-order chi connectivity index (χ1) is 11.0. The number of rotatable bonds is 4. The van der Waals surface area contributed by atoms with E-state index in [4.69, 9.17) is 14.2 Å². The molecular weight excluding hydrogens is 294 g/mol. The Morgan fingerprint density at radius 2 is 1.91 bits per heavy atom. The van der Waals surface area contributed by atoms with Gasteiger partial charge >= 0.3 is 5.97 Å². The highest BCUT2D eigenvalue weighted by atomic mass is 16.7. The van der Waals surface area contributed by atoms with E-state index >= 15 is 0 Å². The number of nitrogens with zero attached hydrogens (tertiary/aromatic N) is 1. The lowest BCUT2D eigenvalue weighted by molar-refractivity contribution is -0.254. The SMILES string of the molecule is CC1(C)CN(CC(=O)OCc2ccccc2)CCC12OCCO2. The van der Waals surface area contributed by atoms with Crippen molar-refractivity contribution < 1.29 is 19.0 Å². The van der Waals surface area contributed by atoms with Crippen LogP contribution in [0.3, 0.4) is 0 Å². The summed E-state index contributed by atoms with van der Waals surface area (Å²) in [4.78, 5) is 14.2. The minimum atomic E-state index is -0.489. The second-order valence-electron chi connectivity index (χ2n) is 6.94. The fourth-order valence-corrected chi connectivity index (χ4v) is 3.49. The van der Waals surface area contributed by atoms with E-state index in [1.807, 2.05) is 30.3 Å². The van der Waals surface area contributed by atoms with Crippen LogP contribution in [-0.2, 0) is 25.6 Å². The van der Waals surface area contributed by atoms with E-state index in [-0.39, 0.29) is 11.4 Å². The fourth-order valence-electron chi connectivity index (χ4n) is 3.49. The lowest BCUT2D eigenvalue weighted by Gasteiger charge is -2.49. The normalized spacial score (nSPS) is 23.0. The van der Waals surface area contributed by atoms with Gasteiger partial charge in [-0.1, -0.05) is 44.2 Å². The third kappa shape index (κ3) is 3.57. The van der Waals surface area contributed by atoms with Crippen molar-refractivity contribution >= 4 is 5.97 Å². The van der Waals surface area contributed by atoms with Crippen molar-refractivity contribution in [2.75, 3.05) is 32.8 Å². The molecule has 0 atom stereocenters. The summed E-state index contributed by atoms with van der Waals surface area (Å²) < 4.78 is 17.2. The van der Waals surface area contributed by atoms with Gasteiger partial charge in [0.05, 0.1) is 19.8 Å². The van der Waals surface area contributed by atoms with E-state index in [9.17, 15) is 4.79 Å². The number of carbonyl (C=O) groups is 1. The molecule has 0 aliphatic carbocycles. The molecule has 1 aromatic carbocycles. The molecule has 0 N–H and O–H groups in total. The topological polar surface area (TPSA) is 48.0 Å². The van der Waals surface area contributed by atoms with Crippen LogP contribution in [0.2, 0.25) is 0 Å². The summed E-state index contributed by atoms with van der Waals surface area (Å²) in [7, 11) is 0. The molecule has 1 aromatic rings. The molecule has 126 valence electrons. The van der Waals surface area contributed by atoms with Gasteiger partial charge in [-0.3, -0.25) is 9.69 Å². The molecule has 1 spiro atoms. The molecule has 2 saturated heterocycles. The average molecular weight is 319 g/mol. The summed E-state index contributed by atoms with van der Waals surface area (Å²) in [6, 6.07) is 9.74. The van der Waals surface area contributed by atoms with Crippen molar-refractivity contribution in [1.82, 2.24) is 4.90 Å². The molecule has 2 aliphatic heterocycles. The molecule has 0 saturated carbocycles. The molecule has 5 heteroatoms.